The summed E-state index contributed by atoms with van der Waals surface area (Å²) in [7, 11) is 1.76. The summed E-state index contributed by atoms with van der Waals surface area (Å²) >= 11 is 0. The maximum Gasteiger partial charge on any atom is 0.519 e. The van der Waals surface area contributed by atoms with Crippen molar-refractivity contribution >= 4 is 5.97 Å². The van der Waals surface area contributed by atoms with E-state index in [1.54, 1.807) is 32.4 Å². The second-order valence-electron chi connectivity index (χ2n) is 6.28. The summed E-state index contributed by atoms with van der Waals surface area (Å²) in [5, 5.41) is 10.4. The van der Waals surface area contributed by atoms with E-state index >= 15 is 0 Å². The highest BCUT2D eigenvalue weighted by Crippen LogP contribution is 2.28. The van der Waals surface area contributed by atoms with Crippen LogP contribution in [-0.4, -0.2) is 15.6 Å². The minimum Gasteiger partial charge on any atom is -0.453 e. The molecule has 0 unspecified atom stereocenters. The molecular formula is C17H23NO6. The van der Waals surface area contributed by atoms with Gasteiger partial charge in [0, 0.05) is 18.3 Å². The predicted octanol–water partition coefficient (Wildman–Crippen LogP) is 2.42. The Morgan fingerprint density at radius 3 is 2.54 bits per heavy atom. The molecule has 0 radical (unpaired) electrons. The third kappa shape index (κ3) is 3.62. The fraction of sp³-hybridized carbons (Fsp3) is 0.529. The van der Waals surface area contributed by atoms with E-state index in [2.05, 4.69) is 0 Å². The number of carbonyl (C=O) groups is 1. The van der Waals surface area contributed by atoms with Gasteiger partial charge in [-0.3, -0.25) is 0 Å². The van der Waals surface area contributed by atoms with Crippen molar-refractivity contribution in [2.75, 3.05) is 0 Å². The highest BCUT2D eigenvalue weighted by Gasteiger charge is 2.29. The normalized spacial score (nSPS) is 11.8. The molecule has 132 valence electrons. The number of hydrogen-bond acceptors (Lipinski definition) is 6. The Kier molecular flexibility index (Phi) is 5.03. The van der Waals surface area contributed by atoms with Gasteiger partial charge in [0.2, 0.25) is 0 Å². The van der Waals surface area contributed by atoms with Gasteiger partial charge in [-0.2, -0.15) is 0 Å². The zero-order chi connectivity index (χ0) is 18.1. The lowest BCUT2D eigenvalue weighted by molar-refractivity contribution is 0.0400. The fourth-order valence-electron chi connectivity index (χ4n) is 2.57. The van der Waals surface area contributed by atoms with Crippen molar-refractivity contribution < 1.29 is 23.5 Å². The monoisotopic (exact) mass is 337 g/mol. The molecule has 0 bridgehead atoms. The van der Waals surface area contributed by atoms with Gasteiger partial charge in [-0.25, -0.2) is 9.59 Å². The highest BCUT2D eigenvalue weighted by molar-refractivity contribution is 5.90. The molecule has 2 rings (SSSR count). The third-order valence-electron chi connectivity index (χ3n) is 3.86. The van der Waals surface area contributed by atoms with Gasteiger partial charge in [-0.05, 0) is 33.3 Å². The van der Waals surface area contributed by atoms with E-state index in [4.69, 9.17) is 13.6 Å². The van der Waals surface area contributed by atoms with Gasteiger partial charge in [0.15, 0.2) is 18.1 Å². The average Bonchev–Trinajstić information content (AvgIpc) is 2.97. The molecular weight excluding hydrogens is 314 g/mol. The number of aryl methyl sites for hydroxylation is 2. The maximum atomic E-state index is 12.5. The van der Waals surface area contributed by atoms with Crippen LogP contribution in [0.1, 0.15) is 60.5 Å². The molecule has 0 aliphatic rings. The van der Waals surface area contributed by atoms with Crippen molar-refractivity contribution in [3.63, 3.8) is 0 Å². The van der Waals surface area contributed by atoms with Crippen LogP contribution in [0, 0.1) is 6.92 Å². The van der Waals surface area contributed by atoms with Crippen molar-refractivity contribution in [3.8, 4) is 0 Å². The minimum atomic E-state index is -1.18. The Morgan fingerprint density at radius 1 is 1.38 bits per heavy atom. The lowest BCUT2D eigenvalue weighted by Gasteiger charge is -2.18. The lowest BCUT2D eigenvalue weighted by atomic mass is 9.98. The van der Waals surface area contributed by atoms with E-state index in [0.717, 1.165) is 18.5 Å². The Bertz CT molecular complexity index is 787. The topological polar surface area (TPSA) is 94.8 Å². The molecule has 2 aromatic heterocycles. The number of aromatic nitrogens is 1. The molecule has 0 amide bonds. The van der Waals surface area contributed by atoms with E-state index in [-0.39, 0.29) is 23.8 Å². The summed E-state index contributed by atoms with van der Waals surface area (Å²) in [5.41, 5.74) is 0.543. The smallest absolute Gasteiger partial charge is 0.453 e. The number of rotatable bonds is 6. The lowest BCUT2D eigenvalue weighted by Crippen LogP contribution is -2.21. The number of aliphatic hydroxyl groups is 1. The van der Waals surface area contributed by atoms with Gasteiger partial charge in [-0.1, -0.05) is 13.3 Å². The molecule has 2 heterocycles. The molecule has 0 aromatic carbocycles. The van der Waals surface area contributed by atoms with Gasteiger partial charge in [0.1, 0.15) is 5.69 Å². The molecule has 7 nitrogen and oxygen atoms in total. The number of ether oxygens (including phenoxy) is 1. The van der Waals surface area contributed by atoms with Crippen LogP contribution in [0.5, 0.6) is 0 Å². The minimum absolute atomic E-state index is 0.168. The molecule has 0 fully saturated rings. The van der Waals surface area contributed by atoms with Crippen LogP contribution in [0.3, 0.4) is 0 Å². The SMILES string of the molecule is CCCc1cc(C(C)(C)O)c(C(=O)OCc2oc(=O)oc2C)n1C. The van der Waals surface area contributed by atoms with E-state index in [0.29, 0.717) is 5.56 Å². The van der Waals surface area contributed by atoms with Crippen LogP contribution < -0.4 is 5.82 Å². The van der Waals surface area contributed by atoms with Gasteiger partial charge in [-0.15, -0.1) is 0 Å². The second-order valence-corrected chi connectivity index (χ2v) is 6.28. The van der Waals surface area contributed by atoms with Crippen LogP contribution in [0.4, 0.5) is 0 Å². The van der Waals surface area contributed by atoms with E-state index < -0.39 is 17.4 Å². The summed E-state index contributed by atoms with van der Waals surface area (Å²) < 4.78 is 16.5. The van der Waals surface area contributed by atoms with Crippen LogP contribution in [-0.2, 0) is 30.4 Å². The Hall–Kier alpha value is -2.28. The largest absolute Gasteiger partial charge is 0.519 e. The molecule has 0 saturated carbocycles. The van der Waals surface area contributed by atoms with Gasteiger partial charge in [0.05, 0.1) is 5.60 Å². The summed E-state index contributed by atoms with van der Waals surface area (Å²) in [6.07, 6.45) is 1.69. The number of hydrogen-bond donors (Lipinski definition) is 1. The quantitative estimate of drug-likeness (QED) is 0.814. The Balaban J connectivity index is 2.30. The number of esters is 1. The zero-order valence-electron chi connectivity index (χ0n) is 14.6. The maximum absolute atomic E-state index is 12.5. The second kappa shape index (κ2) is 6.68. The molecule has 24 heavy (non-hydrogen) atoms. The summed E-state index contributed by atoms with van der Waals surface area (Å²) in [6.45, 7) is 6.62. The molecule has 0 aliphatic carbocycles. The molecule has 0 spiro atoms. The first-order chi connectivity index (χ1) is 11.1. The molecule has 0 aliphatic heterocycles. The predicted molar refractivity (Wildman–Crippen MR) is 85.8 cm³/mol. The summed E-state index contributed by atoms with van der Waals surface area (Å²) in [4.78, 5) is 23.6. The first-order valence-corrected chi connectivity index (χ1v) is 7.83. The summed E-state index contributed by atoms with van der Waals surface area (Å²) in [6, 6.07) is 1.82. The fourth-order valence-corrected chi connectivity index (χ4v) is 2.57. The molecule has 1 N–H and O–H groups in total. The van der Waals surface area contributed by atoms with Crippen molar-refractivity contribution in [1.82, 2.24) is 4.57 Å². The summed E-state index contributed by atoms with van der Waals surface area (Å²) in [5.74, 6) is -0.990. The molecule has 7 heteroatoms. The van der Waals surface area contributed by atoms with Crippen LogP contribution in [0.25, 0.3) is 0 Å². The molecule has 0 atom stereocenters. The Morgan fingerprint density at radius 2 is 2.04 bits per heavy atom. The first kappa shape index (κ1) is 18.1. The van der Waals surface area contributed by atoms with E-state index in [1.807, 2.05) is 13.0 Å². The average molecular weight is 337 g/mol. The number of nitrogens with zero attached hydrogens (tertiary/aromatic N) is 1. The molecule has 0 saturated heterocycles. The van der Waals surface area contributed by atoms with Gasteiger partial charge < -0.3 is 23.2 Å². The standard InChI is InChI=1S/C17H23NO6/c1-6-7-11-8-12(17(3,4)21)14(18(11)5)15(19)22-9-13-10(2)23-16(20)24-13/h8,21H,6-7,9H2,1-5H3. The van der Waals surface area contributed by atoms with Gasteiger partial charge in [0.25, 0.3) is 0 Å². The van der Waals surface area contributed by atoms with Crippen molar-refractivity contribution in [2.24, 2.45) is 7.05 Å². The van der Waals surface area contributed by atoms with E-state index in [1.165, 1.54) is 0 Å². The van der Waals surface area contributed by atoms with Crippen molar-refractivity contribution in [2.45, 2.75) is 52.7 Å². The first-order valence-electron chi connectivity index (χ1n) is 7.83. The van der Waals surface area contributed by atoms with Gasteiger partial charge >= 0.3 is 11.8 Å². The third-order valence-corrected chi connectivity index (χ3v) is 3.86. The van der Waals surface area contributed by atoms with Crippen molar-refractivity contribution in [1.29, 1.82) is 0 Å². The number of carbonyl (C=O) groups excluding carboxylic acids is 1. The Labute approximate surface area is 139 Å². The van der Waals surface area contributed by atoms with Crippen LogP contribution >= 0.6 is 0 Å². The zero-order valence-corrected chi connectivity index (χ0v) is 14.6. The van der Waals surface area contributed by atoms with Crippen LogP contribution in [0.2, 0.25) is 0 Å². The van der Waals surface area contributed by atoms with Crippen molar-refractivity contribution in [3.05, 3.63) is 45.2 Å². The molecule has 2 aromatic rings. The van der Waals surface area contributed by atoms with Crippen LogP contribution in [0.15, 0.2) is 19.7 Å². The van der Waals surface area contributed by atoms with E-state index in [9.17, 15) is 14.7 Å². The highest BCUT2D eigenvalue weighted by atomic mass is 16.6.